The average molecular weight is 1220 g/mol. The second-order valence-electron chi connectivity index (χ2n) is 22.8. The van der Waals surface area contributed by atoms with E-state index in [1.165, 1.54) is 5.19 Å². The fourth-order valence-corrected chi connectivity index (χ4v) is 12.0. The molecule has 4 rings (SSSR count). The van der Waals surface area contributed by atoms with E-state index in [1.54, 1.807) is 41.5 Å². The molecule has 0 heterocycles. The van der Waals surface area contributed by atoms with Crippen LogP contribution in [0.5, 0.6) is 0 Å². The third kappa shape index (κ3) is 23.9. The predicted molar refractivity (Wildman–Crippen MR) is 341 cm³/mol. The van der Waals surface area contributed by atoms with E-state index in [0.29, 0.717) is 25.7 Å². The zero-order valence-corrected chi connectivity index (χ0v) is 55.4. The van der Waals surface area contributed by atoms with Crippen LogP contribution in [0, 0.1) is 87.5 Å². The van der Waals surface area contributed by atoms with Crippen molar-refractivity contribution >= 4 is 65.2 Å². The van der Waals surface area contributed by atoms with Gasteiger partial charge in [0, 0.05) is 25.7 Å². The summed E-state index contributed by atoms with van der Waals surface area (Å²) in [6, 6.07) is 8.09. The molecule has 2 aromatic rings. The van der Waals surface area contributed by atoms with Crippen LogP contribution in [0.1, 0.15) is 107 Å². The summed E-state index contributed by atoms with van der Waals surface area (Å²) in [4.78, 5) is 74.6. The summed E-state index contributed by atoms with van der Waals surface area (Å²) in [5.74, 6) is 18.2. The number of benzene rings is 2. The van der Waals surface area contributed by atoms with Crippen molar-refractivity contribution in [2.75, 3.05) is 52.9 Å². The topological polar surface area (TPSA) is 218 Å². The number of esters is 6. The lowest BCUT2D eigenvalue weighted by molar-refractivity contribution is -0.173. The Hall–Kier alpha value is -6.85. The number of ether oxygens (including phenoxy) is 6. The third-order valence-corrected chi connectivity index (χ3v) is 16.7. The van der Waals surface area contributed by atoms with Gasteiger partial charge in [-0.2, -0.15) is 0 Å². The molecular formula is C67H94O15Si3. The lowest BCUT2D eigenvalue weighted by Crippen LogP contribution is -2.43. The van der Waals surface area contributed by atoms with E-state index in [4.69, 9.17) is 51.5 Å². The van der Waals surface area contributed by atoms with Crippen LogP contribution in [0.4, 0.5) is 0 Å². The second-order valence-corrected chi connectivity index (χ2v) is 37.3. The van der Waals surface area contributed by atoms with Gasteiger partial charge >= 0.3 is 35.8 Å². The van der Waals surface area contributed by atoms with E-state index in [9.17, 15) is 33.9 Å². The summed E-state index contributed by atoms with van der Waals surface area (Å²) in [5, 5.41) is 28.3. The number of fused-ring (bicyclic) bond motifs is 2. The molecule has 3 N–H and O–H groups in total. The van der Waals surface area contributed by atoms with Crippen LogP contribution in [-0.2, 0) is 102 Å². The van der Waals surface area contributed by atoms with Crippen molar-refractivity contribution in [1.82, 2.24) is 0 Å². The Kier molecular flexibility index (Phi) is 34.5. The molecule has 15 nitrogen and oxygen atoms in total. The van der Waals surface area contributed by atoms with Crippen LogP contribution in [-0.4, -0.2) is 128 Å². The van der Waals surface area contributed by atoms with Gasteiger partial charge in [0.2, 0.25) is 0 Å². The van der Waals surface area contributed by atoms with Gasteiger partial charge in [0.25, 0.3) is 0 Å². The van der Waals surface area contributed by atoms with Crippen LogP contribution >= 0.6 is 0 Å². The summed E-state index contributed by atoms with van der Waals surface area (Å²) in [6.07, 6.45) is 12.8. The van der Waals surface area contributed by atoms with E-state index in [0.717, 1.165) is 38.9 Å². The van der Waals surface area contributed by atoms with Crippen molar-refractivity contribution in [3.63, 3.8) is 0 Å². The molecule has 85 heavy (non-hydrogen) atoms. The maximum absolute atomic E-state index is 12.8. The molecule has 464 valence electrons. The SMILES string of the molecule is C.C#CCC(CC#C)(C(=O)OCC)C(=O)OCC.CCOC(=O)C1(C(=O)OCC)Cc2cc(CC#CCO)c([Si](C)(C)C)cc2C1.CCOC(=O)C1(C(=O)OCC)Cc2cc(CO)c(CC#C[Si](C)(C)C)cc2C1.C[Si](C)(C)C#CCC#CCO. The van der Waals surface area contributed by atoms with Gasteiger partial charge in [0.15, 0.2) is 16.2 Å². The quantitative estimate of drug-likeness (QED) is 0.0426. The minimum Gasteiger partial charge on any atom is -0.465 e. The van der Waals surface area contributed by atoms with Crippen molar-refractivity contribution in [3.8, 4) is 71.3 Å². The van der Waals surface area contributed by atoms with Gasteiger partial charge in [-0.05, 0) is 106 Å². The number of carbonyl (C=O) groups excluding carboxylic acids is 6. The Morgan fingerprint density at radius 2 is 0.824 bits per heavy atom. The highest BCUT2D eigenvalue weighted by Gasteiger charge is 2.54. The van der Waals surface area contributed by atoms with E-state index in [2.05, 4.69) is 130 Å². The summed E-state index contributed by atoms with van der Waals surface area (Å²) in [6.45, 7) is 30.9. The molecule has 2 aromatic carbocycles. The van der Waals surface area contributed by atoms with Crippen molar-refractivity contribution in [1.29, 1.82) is 0 Å². The zero-order chi connectivity index (χ0) is 64.0. The highest BCUT2D eigenvalue weighted by molar-refractivity contribution is 6.89. The number of rotatable bonds is 18. The first kappa shape index (κ1) is 78.2. The number of hydrogen-bond acceptors (Lipinski definition) is 15. The Morgan fingerprint density at radius 3 is 1.16 bits per heavy atom. The summed E-state index contributed by atoms with van der Waals surface area (Å²) >= 11 is 0. The Morgan fingerprint density at radius 1 is 0.482 bits per heavy atom. The highest BCUT2D eigenvalue weighted by Crippen LogP contribution is 2.42. The van der Waals surface area contributed by atoms with Crippen molar-refractivity contribution in [2.24, 2.45) is 16.2 Å². The Balaban J connectivity index is 0.00000117. The van der Waals surface area contributed by atoms with Gasteiger partial charge in [-0.25, -0.2) is 0 Å². The van der Waals surface area contributed by atoms with E-state index >= 15 is 0 Å². The lowest BCUT2D eigenvalue weighted by atomic mass is 9.81. The smallest absolute Gasteiger partial charge is 0.325 e. The molecule has 2 aliphatic carbocycles. The molecule has 2 aliphatic rings. The van der Waals surface area contributed by atoms with Gasteiger partial charge in [0.05, 0.1) is 60.7 Å². The molecule has 18 heteroatoms. The van der Waals surface area contributed by atoms with Gasteiger partial charge in [-0.1, -0.05) is 125 Å². The maximum Gasteiger partial charge on any atom is 0.325 e. The van der Waals surface area contributed by atoms with Crippen LogP contribution in [0.25, 0.3) is 0 Å². The van der Waals surface area contributed by atoms with Crippen molar-refractivity contribution in [2.45, 2.75) is 172 Å². The van der Waals surface area contributed by atoms with Crippen LogP contribution in [0.15, 0.2) is 24.3 Å². The molecule has 0 atom stereocenters. The van der Waals surface area contributed by atoms with E-state index in [1.807, 2.05) is 12.1 Å². The molecule has 0 saturated heterocycles. The molecule has 0 unspecified atom stereocenters. The first-order valence-corrected chi connectivity index (χ1v) is 38.9. The fraction of sp³-hybridized carbons (Fsp3) is 0.552. The number of terminal acetylenes is 2. The number of aliphatic hydroxyl groups excluding tert-OH is 3. The van der Waals surface area contributed by atoms with Gasteiger partial charge in [-0.15, -0.1) is 41.7 Å². The highest BCUT2D eigenvalue weighted by atomic mass is 28.3. The van der Waals surface area contributed by atoms with Crippen LogP contribution in [0.2, 0.25) is 58.9 Å². The minimum atomic E-state index is -1.67. The molecule has 0 spiro atoms. The first-order chi connectivity index (χ1) is 39.5. The molecule has 0 saturated carbocycles. The molecule has 0 aliphatic heterocycles. The van der Waals surface area contributed by atoms with Crippen LogP contribution in [0.3, 0.4) is 0 Å². The number of carbonyl (C=O) groups is 6. The van der Waals surface area contributed by atoms with Crippen molar-refractivity contribution in [3.05, 3.63) is 63.2 Å². The molecule has 0 bridgehead atoms. The minimum absolute atomic E-state index is 0. The lowest BCUT2D eigenvalue weighted by Gasteiger charge is -2.25. The number of hydrogen-bond donors (Lipinski definition) is 3. The van der Waals surface area contributed by atoms with Crippen molar-refractivity contribution < 1.29 is 72.5 Å². The molecule has 0 aromatic heterocycles. The normalized spacial score (nSPS) is 12.8. The molecular weight excluding hydrogens is 1130 g/mol. The van der Waals surface area contributed by atoms with Crippen LogP contribution < -0.4 is 5.19 Å². The predicted octanol–water partition coefficient (Wildman–Crippen LogP) is 7.83. The second kappa shape index (κ2) is 37.6. The van der Waals surface area contributed by atoms with E-state index in [-0.39, 0.29) is 99.0 Å². The maximum atomic E-state index is 12.8. The molecule has 0 radical (unpaired) electrons. The standard InChI is InChI=1S/2C22H30O5Si.C13H16O4.C9H14OSi.CH4/c1-6-26-20(24)22(21(25)27-7-2)13-17-11-16(9-8-10-28(3,4)5)19(15-23)12-18(17)14-22;1-6-26-20(24)22(21(25)27-7-2)14-17-12-16(10-8-9-11-23)19(28(3,4)5)13-18(17)15-22;1-5-9-13(10-6-2,11(14)16-7-3)12(15)17-8-4;1-11(2,3)9-7-5-4-6-8-10;/h11-12,23H,6-7,9,13-15H2,1-5H3;12-13,23H,6-7,10-11,14-15H2,1-5H3;1-2H,7-10H2,3-4H3;10H,5,8H2,1-3H3;1H4. The Bertz CT molecular complexity index is 2880. The van der Waals surface area contributed by atoms with Gasteiger partial charge in [0.1, 0.15) is 29.4 Å². The third-order valence-electron chi connectivity index (χ3n) is 12.8. The Labute approximate surface area is 511 Å². The first-order valence-electron chi connectivity index (χ1n) is 28.4. The summed E-state index contributed by atoms with van der Waals surface area (Å²) in [7, 11) is -4.36. The fourth-order valence-electron chi connectivity index (χ4n) is 9.00. The van der Waals surface area contributed by atoms with Gasteiger partial charge < -0.3 is 43.7 Å². The largest absolute Gasteiger partial charge is 0.465 e. The van der Waals surface area contributed by atoms with Gasteiger partial charge in [-0.3, -0.25) is 28.8 Å². The average Bonchev–Trinajstić information content (AvgIpc) is 3.83. The number of aliphatic hydroxyl groups is 3. The zero-order valence-electron chi connectivity index (χ0n) is 52.4. The summed E-state index contributed by atoms with van der Waals surface area (Å²) < 4.78 is 30.6. The van der Waals surface area contributed by atoms with E-state index < -0.39 is 76.3 Å². The monoisotopic (exact) mass is 1220 g/mol. The summed E-state index contributed by atoms with van der Waals surface area (Å²) in [5.41, 5.74) is 8.92. The molecule has 0 fully saturated rings. The molecule has 0 amide bonds.